The van der Waals surface area contributed by atoms with E-state index in [1.54, 1.807) is 30.4 Å². The third-order valence-corrected chi connectivity index (χ3v) is 2.77. The predicted molar refractivity (Wildman–Crippen MR) is 79.4 cm³/mol. The van der Waals surface area contributed by atoms with Gasteiger partial charge < -0.3 is 10.0 Å². The molecule has 0 atom stereocenters. The fraction of sp³-hybridized carbons (Fsp3) is 0.214. The summed E-state index contributed by atoms with van der Waals surface area (Å²) < 4.78 is 0. The molecule has 0 bridgehead atoms. The first kappa shape index (κ1) is 15.8. The van der Waals surface area contributed by atoms with Crippen LogP contribution in [-0.4, -0.2) is 35.6 Å². The number of carbonyl (C=O) groups is 1. The molecule has 1 aromatic carbocycles. The summed E-state index contributed by atoms with van der Waals surface area (Å²) in [6.07, 6.45) is 4.66. The number of nitrogens with zero attached hydrogens (tertiary/aromatic N) is 1. The van der Waals surface area contributed by atoms with E-state index in [0.29, 0.717) is 16.6 Å². The van der Waals surface area contributed by atoms with Gasteiger partial charge in [0.2, 0.25) is 5.91 Å². The minimum atomic E-state index is -0.204. The molecular formula is C14H15Cl2NO2. The highest BCUT2D eigenvalue weighted by atomic mass is 35.5. The first-order chi connectivity index (χ1) is 9.06. The highest BCUT2D eigenvalue weighted by Gasteiger charge is 2.07. The summed E-state index contributed by atoms with van der Waals surface area (Å²) in [5, 5.41) is 9.91. The fourth-order valence-electron chi connectivity index (χ4n) is 1.51. The summed E-state index contributed by atoms with van der Waals surface area (Å²) >= 11 is 11.7. The summed E-state index contributed by atoms with van der Waals surface area (Å²) in [7, 11) is 0. The third-order valence-electron chi connectivity index (χ3n) is 2.33. The molecule has 0 aromatic heterocycles. The number of hydrogen-bond acceptors (Lipinski definition) is 2. The predicted octanol–water partition coefficient (Wildman–Crippen LogP) is 3.01. The quantitative estimate of drug-likeness (QED) is 0.648. The lowest BCUT2D eigenvalue weighted by molar-refractivity contribution is -0.125. The molecular weight excluding hydrogens is 285 g/mol. The minimum Gasteiger partial charge on any atom is -0.395 e. The average Bonchev–Trinajstić information content (AvgIpc) is 2.34. The summed E-state index contributed by atoms with van der Waals surface area (Å²) in [5.74, 6) is -0.204. The van der Waals surface area contributed by atoms with Crippen LogP contribution in [0.2, 0.25) is 10.0 Å². The monoisotopic (exact) mass is 299 g/mol. The van der Waals surface area contributed by atoms with Crippen LogP contribution in [0.25, 0.3) is 6.08 Å². The zero-order valence-electron chi connectivity index (χ0n) is 10.4. The summed E-state index contributed by atoms with van der Waals surface area (Å²) in [6.45, 7) is 4.14. The second kappa shape index (κ2) is 8.00. The summed E-state index contributed by atoms with van der Waals surface area (Å²) in [4.78, 5) is 13.4. The van der Waals surface area contributed by atoms with E-state index >= 15 is 0 Å². The maximum Gasteiger partial charge on any atom is 0.246 e. The Labute approximate surface area is 122 Å². The molecule has 5 heteroatoms. The Kier molecular flexibility index (Phi) is 6.64. The van der Waals surface area contributed by atoms with Gasteiger partial charge in [0.25, 0.3) is 0 Å². The van der Waals surface area contributed by atoms with Crippen LogP contribution in [0, 0.1) is 0 Å². The smallest absolute Gasteiger partial charge is 0.246 e. The minimum absolute atomic E-state index is 0.0869. The van der Waals surface area contributed by atoms with E-state index < -0.39 is 0 Å². The first-order valence-corrected chi connectivity index (χ1v) is 6.47. The summed E-state index contributed by atoms with van der Waals surface area (Å²) in [6, 6.07) is 5.04. The molecule has 0 aliphatic carbocycles. The number of amides is 1. The highest BCUT2D eigenvalue weighted by molar-refractivity contribution is 6.34. The van der Waals surface area contributed by atoms with Gasteiger partial charge in [-0.05, 0) is 29.8 Å². The van der Waals surface area contributed by atoms with Gasteiger partial charge in [0.15, 0.2) is 0 Å². The molecule has 0 heterocycles. The molecule has 0 fully saturated rings. The SMILES string of the molecule is C=CCN(CCO)C(=O)/C=C/c1cc(Cl)cc(Cl)c1. The number of halogens is 2. The van der Waals surface area contributed by atoms with Crippen molar-refractivity contribution in [3.05, 3.63) is 52.5 Å². The van der Waals surface area contributed by atoms with Crippen molar-refractivity contribution in [3.8, 4) is 0 Å². The van der Waals surface area contributed by atoms with Crippen LogP contribution in [0.4, 0.5) is 0 Å². The molecule has 0 aliphatic rings. The molecule has 102 valence electrons. The maximum atomic E-state index is 11.9. The third kappa shape index (κ3) is 5.47. The molecule has 1 N–H and O–H groups in total. The van der Waals surface area contributed by atoms with E-state index in [9.17, 15) is 4.79 Å². The van der Waals surface area contributed by atoms with E-state index in [0.717, 1.165) is 5.56 Å². The van der Waals surface area contributed by atoms with Gasteiger partial charge in [-0.15, -0.1) is 6.58 Å². The van der Waals surface area contributed by atoms with Crippen LogP contribution in [0.3, 0.4) is 0 Å². The second-order valence-corrected chi connectivity index (χ2v) is 4.71. The van der Waals surface area contributed by atoms with E-state index in [2.05, 4.69) is 6.58 Å². The van der Waals surface area contributed by atoms with Crippen molar-refractivity contribution >= 4 is 35.2 Å². The lowest BCUT2D eigenvalue weighted by atomic mass is 10.2. The number of aliphatic hydroxyl groups excluding tert-OH is 1. The number of benzene rings is 1. The van der Waals surface area contributed by atoms with E-state index in [-0.39, 0.29) is 19.1 Å². The largest absolute Gasteiger partial charge is 0.395 e. The molecule has 0 saturated heterocycles. The topological polar surface area (TPSA) is 40.5 Å². The molecule has 0 saturated carbocycles. The van der Waals surface area contributed by atoms with Crippen LogP contribution < -0.4 is 0 Å². The van der Waals surface area contributed by atoms with Gasteiger partial charge in [0.05, 0.1) is 6.61 Å². The second-order valence-electron chi connectivity index (χ2n) is 3.83. The molecule has 0 aliphatic heterocycles. The van der Waals surface area contributed by atoms with Gasteiger partial charge in [0.1, 0.15) is 0 Å². The molecule has 0 radical (unpaired) electrons. The van der Waals surface area contributed by atoms with Crippen molar-refractivity contribution in [2.75, 3.05) is 19.7 Å². The Morgan fingerprint density at radius 3 is 2.47 bits per heavy atom. The number of rotatable bonds is 6. The number of aliphatic hydroxyl groups is 1. The van der Waals surface area contributed by atoms with Gasteiger partial charge in [-0.3, -0.25) is 4.79 Å². The van der Waals surface area contributed by atoms with Gasteiger partial charge >= 0.3 is 0 Å². The Hall–Kier alpha value is -1.29. The fourth-order valence-corrected chi connectivity index (χ4v) is 2.06. The van der Waals surface area contributed by atoms with Crippen molar-refractivity contribution in [1.82, 2.24) is 4.90 Å². The standard InChI is InChI=1S/C14H15Cl2NO2/c1-2-5-17(6-7-18)14(19)4-3-11-8-12(15)10-13(16)9-11/h2-4,8-10,18H,1,5-7H2/b4-3+. The van der Waals surface area contributed by atoms with E-state index in [1.807, 2.05) is 0 Å². The lowest BCUT2D eigenvalue weighted by Gasteiger charge is -2.17. The van der Waals surface area contributed by atoms with Crippen LogP contribution >= 0.6 is 23.2 Å². The Balaban J connectivity index is 2.78. The Bertz CT molecular complexity index is 466. The van der Waals surface area contributed by atoms with Crippen molar-refractivity contribution in [2.45, 2.75) is 0 Å². The van der Waals surface area contributed by atoms with Gasteiger partial charge in [-0.1, -0.05) is 29.3 Å². The van der Waals surface area contributed by atoms with Crippen LogP contribution in [0.15, 0.2) is 36.9 Å². The molecule has 3 nitrogen and oxygen atoms in total. The molecule has 1 amide bonds. The molecule has 1 aromatic rings. The van der Waals surface area contributed by atoms with E-state index in [1.165, 1.54) is 11.0 Å². The van der Waals surface area contributed by atoms with Crippen molar-refractivity contribution in [2.24, 2.45) is 0 Å². The van der Waals surface area contributed by atoms with Gasteiger partial charge in [-0.25, -0.2) is 0 Å². The zero-order valence-corrected chi connectivity index (χ0v) is 11.9. The lowest BCUT2D eigenvalue weighted by Crippen LogP contribution is -2.32. The van der Waals surface area contributed by atoms with E-state index in [4.69, 9.17) is 28.3 Å². The Morgan fingerprint density at radius 2 is 1.95 bits per heavy atom. The maximum absolute atomic E-state index is 11.9. The molecule has 1 rings (SSSR count). The van der Waals surface area contributed by atoms with Crippen molar-refractivity contribution in [3.63, 3.8) is 0 Å². The highest BCUT2D eigenvalue weighted by Crippen LogP contribution is 2.19. The van der Waals surface area contributed by atoms with Gasteiger partial charge in [0, 0.05) is 29.2 Å². The zero-order chi connectivity index (χ0) is 14.3. The van der Waals surface area contributed by atoms with Crippen LogP contribution in [0.5, 0.6) is 0 Å². The van der Waals surface area contributed by atoms with Crippen molar-refractivity contribution < 1.29 is 9.90 Å². The molecule has 0 unspecified atom stereocenters. The first-order valence-electron chi connectivity index (χ1n) is 5.71. The Morgan fingerprint density at radius 1 is 1.32 bits per heavy atom. The molecule has 19 heavy (non-hydrogen) atoms. The number of hydrogen-bond donors (Lipinski definition) is 1. The van der Waals surface area contributed by atoms with Crippen molar-refractivity contribution in [1.29, 1.82) is 0 Å². The van der Waals surface area contributed by atoms with Crippen LogP contribution in [0.1, 0.15) is 5.56 Å². The molecule has 0 spiro atoms. The number of carbonyl (C=O) groups excluding carboxylic acids is 1. The summed E-state index contributed by atoms with van der Waals surface area (Å²) in [5.41, 5.74) is 0.744. The normalized spacial score (nSPS) is 10.7. The van der Waals surface area contributed by atoms with Crippen LogP contribution in [-0.2, 0) is 4.79 Å². The van der Waals surface area contributed by atoms with Gasteiger partial charge in [-0.2, -0.15) is 0 Å². The average molecular weight is 300 g/mol.